The van der Waals surface area contributed by atoms with Crippen molar-refractivity contribution in [3.8, 4) is 0 Å². The fourth-order valence-electron chi connectivity index (χ4n) is 2.67. The fourth-order valence-corrected chi connectivity index (χ4v) is 2.67. The zero-order valence-corrected chi connectivity index (χ0v) is 11.3. The van der Waals surface area contributed by atoms with Crippen molar-refractivity contribution in [2.24, 2.45) is 0 Å². The third-order valence-electron chi connectivity index (χ3n) is 3.82. The first kappa shape index (κ1) is 13.6. The van der Waals surface area contributed by atoms with Crippen LogP contribution in [0.3, 0.4) is 0 Å². The van der Waals surface area contributed by atoms with E-state index < -0.39 is 11.0 Å². The Labute approximate surface area is 120 Å². The van der Waals surface area contributed by atoms with E-state index in [1.54, 1.807) is 17.2 Å². The number of nitrogens with zero attached hydrogens (tertiary/aromatic N) is 2. The lowest BCUT2D eigenvalue weighted by Crippen LogP contribution is -2.30. The molecule has 1 saturated heterocycles. The molecule has 2 aromatic rings. The molecule has 0 unspecified atom stereocenters. The number of aliphatic hydroxyl groups is 1. The monoisotopic (exact) mass is 289 g/mol. The highest BCUT2D eigenvalue weighted by molar-refractivity contribution is 5.90. The van der Waals surface area contributed by atoms with E-state index in [1.807, 2.05) is 0 Å². The van der Waals surface area contributed by atoms with Crippen LogP contribution in [0.2, 0.25) is 0 Å². The van der Waals surface area contributed by atoms with Gasteiger partial charge in [-0.05, 0) is 18.1 Å². The second kappa shape index (κ2) is 5.17. The number of fused-ring (bicyclic) bond motifs is 1. The minimum Gasteiger partial charge on any atom is -0.391 e. The van der Waals surface area contributed by atoms with E-state index >= 15 is 0 Å². The molecule has 7 heteroatoms. The second-order valence-corrected chi connectivity index (χ2v) is 5.26. The van der Waals surface area contributed by atoms with E-state index in [-0.39, 0.29) is 18.0 Å². The van der Waals surface area contributed by atoms with Crippen LogP contribution in [0, 0.1) is 10.1 Å². The van der Waals surface area contributed by atoms with E-state index in [2.05, 4.69) is 4.98 Å². The van der Waals surface area contributed by atoms with Crippen LogP contribution in [0.4, 0.5) is 5.69 Å². The standard InChI is InChI=1S/C14H15N3O4/c18-11-3-4-16(8-11)14(19)5-9-7-15-13-2-1-10(17(20)21)6-12(9)13/h1-2,6-7,11,15,18H,3-5,8H2/t11-/m0/s1. The molecule has 0 spiro atoms. The second-order valence-electron chi connectivity index (χ2n) is 5.26. The molecular weight excluding hydrogens is 274 g/mol. The van der Waals surface area contributed by atoms with Crippen molar-refractivity contribution in [3.63, 3.8) is 0 Å². The summed E-state index contributed by atoms with van der Waals surface area (Å²) in [5.74, 6) is -0.0704. The summed E-state index contributed by atoms with van der Waals surface area (Å²) in [6.07, 6.45) is 2.04. The van der Waals surface area contributed by atoms with Gasteiger partial charge in [0.15, 0.2) is 0 Å². The number of nitrogens with one attached hydrogen (secondary N) is 1. The number of rotatable bonds is 3. The minimum absolute atomic E-state index is 0.00685. The predicted octanol–water partition coefficient (Wildman–Crippen LogP) is 1.21. The summed E-state index contributed by atoms with van der Waals surface area (Å²) in [4.78, 5) is 27.2. The van der Waals surface area contributed by atoms with Crippen LogP contribution in [0.15, 0.2) is 24.4 Å². The number of benzene rings is 1. The number of β-amino-alcohol motifs (C(OH)–C–C–N with tert-alkyl or cyclic N) is 1. The number of aliphatic hydroxyl groups excluding tert-OH is 1. The summed E-state index contributed by atoms with van der Waals surface area (Å²) >= 11 is 0. The number of H-pyrrole nitrogens is 1. The lowest BCUT2D eigenvalue weighted by Gasteiger charge is -2.14. The summed E-state index contributed by atoms with van der Waals surface area (Å²) in [7, 11) is 0. The van der Waals surface area contributed by atoms with Crippen molar-refractivity contribution in [1.82, 2.24) is 9.88 Å². The number of aromatic amines is 1. The van der Waals surface area contributed by atoms with Crippen LogP contribution in [0.1, 0.15) is 12.0 Å². The molecule has 2 heterocycles. The van der Waals surface area contributed by atoms with E-state index in [9.17, 15) is 20.0 Å². The molecule has 1 aliphatic heterocycles. The summed E-state index contributed by atoms with van der Waals surface area (Å²) < 4.78 is 0. The number of nitro groups is 1. The van der Waals surface area contributed by atoms with Crippen molar-refractivity contribution in [1.29, 1.82) is 0 Å². The number of aromatic nitrogens is 1. The quantitative estimate of drug-likeness (QED) is 0.655. The Morgan fingerprint density at radius 2 is 2.33 bits per heavy atom. The van der Waals surface area contributed by atoms with Gasteiger partial charge in [-0.1, -0.05) is 0 Å². The third-order valence-corrected chi connectivity index (χ3v) is 3.82. The van der Waals surface area contributed by atoms with E-state index in [1.165, 1.54) is 12.1 Å². The van der Waals surface area contributed by atoms with Gasteiger partial charge in [0.2, 0.25) is 5.91 Å². The molecular formula is C14H15N3O4. The van der Waals surface area contributed by atoms with E-state index in [4.69, 9.17) is 0 Å². The molecule has 1 amide bonds. The first-order chi connectivity index (χ1) is 10.0. The summed E-state index contributed by atoms with van der Waals surface area (Å²) in [6, 6.07) is 4.55. The zero-order valence-electron chi connectivity index (χ0n) is 11.3. The molecule has 0 saturated carbocycles. The molecule has 1 atom stereocenters. The van der Waals surface area contributed by atoms with Crippen molar-refractivity contribution in [3.05, 3.63) is 40.1 Å². The number of amides is 1. The first-order valence-electron chi connectivity index (χ1n) is 6.75. The molecule has 3 rings (SSSR count). The largest absolute Gasteiger partial charge is 0.391 e. The zero-order chi connectivity index (χ0) is 15.0. The van der Waals surface area contributed by atoms with Gasteiger partial charge in [0.05, 0.1) is 17.4 Å². The summed E-state index contributed by atoms with van der Waals surface area (Å²) in [5, 5.41) is 21.0. The van der Waals surface area contributed by atoms with Gasteiger partial charge in [-0.25, -0.2) is 0 Å². The molecule has 110 valence electrons. The maximum absolute atomic E-state index is 12.2. The van der Waals surface area contributed by atoms with Gasteiger partial charge in [0, 0.05) is 42.3 Å². The lowest BCUT2D eigenvalue weighted by molar-refractivity contribution is -0.384. The highest BCUT2D eigenvalue weighted by Crippen LogP contribution is 2.24. The van der Waals surface area contributed by atoms with Crippen LogP contribution < -0.4 is 0 Å². The number of likely N-dealkylation sites (tertiary alicyclic amines) is 1. The Balaban J connectivity index is 1.85. The highest BCUT2D eigenvalue weighted by Gasteiger charge is 2.25. The highest BCUT2D eigenvalue weighted by atomic mass is 16.6. The van der Waals surface area contributed by atoms with E-state index in [0.29, 0.717) is 24.9 Å². The maximum atomic E-state index is 12.2. The fraction of sp³-hybridized carbons (Fsp3) is 0.357. The minimum atomic E-state index is -0.450. The van der Waals surface area contributed by atoms with Crippen LogP contribution >= 0.6 is 0 Å². The normalized spacial score (nSPS) is 18.3. The Kier molecular flexibility index (Phi) is 3.34. The van der Waals surface area contributed by atoms with Gasteiger partial charge >= 0.3 is 0 Å². The van der Waals surface area contributed by atoms with Gasteiger partial charge in [0.1, 0.15) is 0 Å². The van der Waals surface area contributed by atoms with Crippen LogP contribution in [0.5, 0.6) is 0 Å². The van der Waals surface area contributed by atoms with E-state index in [0.717, 1.165) is 11.1 Å². The number of hydrogen-bond donors (Lipinski definition) is 2. The van der Waals surface area contributed by atoms with Crippen molar-refractivity contribution in [2.45, 2.75) is 18.9 Å². The molecule has 7 nitrogen and oxygen atoms in total. The molecule has 2 N–H and O–H groups in total. The molecule has 1 aromatic carbocycles. The maximum Gasteiger partial charge on any atom is 0.270 e. The van der Waals surface area contributed by atoms with Crippen molar-refractivity contribution >= 4 is 22.5 Å². The Morgan fingerprint density at radius 1 is 1.52 bits per heavy atom. The Hall–Kier alpha value is -2.41. The molecule has 21 heavy (non-hydrogen) atoms. The molecule has 1 aromatic heterocycles. The smallest absolute Gasteiger partial charge is 0.270 e. The summed E-state index contributed by atoms with van der Waals surface area (Å²) in [6.45, 7) is 0.920. The molecule has 0 radical (unpaired) electrons. The van der Waals surface area contributed by atoms with Crippen LogP contribution in [0.25, 0.3) is 10.9 Å². The average molecular weight is 289 g/mol. The third kappa shape index (κ3) is 2.59. The Bertz CT molecular complexity index is 709. The van der Waals surface area contributed by atoms with Crippen molar-refractivity contribution < 1.29 is 14.8 Å². The predicted molar refractivity (Wildman–Crippen MR) is 75.9 cm³/mol. The Morgan fingerprint density at radius 3 is 3.00 bits per heavy atom. The number of non-ortho nitro benzene ring substituents is 1. The number of nitro benzene ring substituents is 1. The summed E-state index contributed by atoms with van der Waals surface area (Å²) in [5.41, 5.74) is 1.51. The van der Waals surface area contributed by atoms with Gasteiger partial charge in [-0.2, -0.15) is 0 Å². The first-order valence-corrected chi connectivity index (χ1v) is 6.75. The van der Waals surface area contributed by atoms with Crippen LogP contribution in [-0.4, -0.2) is 45.0 Å². The SMILES string of the molecule is O=C(Cc1c[nH]c2ccc([N+](=O)[O-])cc12)N1CC[C@H](O)C1. The molecule has 1 fully saturated rings. The number of hydrogen-bond acceptors (Lipinski definition) is 4. The van der Waals surface area contributed by atoms with Gasteiger partial charge < -0.3 is 15.0 Å². The molecule has 1 aliphatic rings. The lowest BCUT2D eigenvalue weighted by atomic mass is 10.1. The molecule has 0 aliphatic carbocycles. The van der Waals surface area contributed by atoms with Crippen molar-refractivity contribution in [2.75, 3.05) is 13.1 Å². The van der Waals surface area contributed by atoms with Crippen LogP contribution in [-0.2, 0) is 11.2 Å². The topological polar surface area (TPSA) is 99.5 Å². The number of carbonyl (C=O) groups is 1. The van der Waals surface area contributed by atoms with Gasteiger partial charge in [-0.3, -0.25) is 14.9 Å². The van der Waals surface area contributed by atoms with Gasteiger partial charge in [-0.15, -0.1) is 0 Å². The van der Waals surface area contributed by atoms with Gasteiger partial charge in [0.25, 0.3) is 5.69 Å². The molecule has 0 bridgehead atoms. The average Bonchev–Trinajstić information content (AvgIpc) is 3.05. The number of carbonyl (C=O) groups excluding carboxylic acids is 1.